The first-order valence-corrected chi connectivity index (χ1v) is 9.09. The summed E-state index contributed by atoms with van der Waals surface area (Å²) in [5.41, 5.74) is 8.33. The molecule has 2 N–H and O–H groups in total. The molecule has 1 amide bonds. The third kappa shape index (κ3) is 4.46. The van der Waals surface area contributed by atoms with Gasteiger partial charge >= 0.3 is 0 Å². The summed E-state index contributed by atoms with van der Waals surface area (Å²) in [5.74, 6) is 0.909. The van der Waals surface area contributed by atoms with Gasteiger partial charge in [-0.15, -0.1) is 12.4 Å². The van der Waals surface area contributed by atoms with Crippen LogP contribution in [0.4, 0.5) is 0 Å². The summed E-state index contributed by atoms with van der Waals surface area (Å²) in [6.07, 6.45) is 0.524. The number of benzene rings is 2. The maximum atomic E-state index is 13.0. The molecule has 0 unspecified atom stereocenters. The van der Waals surface area contributed by atoms with Crippen LogP contribution in [0.5, 0.6) is 0 Å². The van der Waals surface area contributed by atoms with Crippen molar-refractivity contribution in [3.8, 4) is 0 Å². The van der Waals surface area contributed by atoms with Crippen molar-refractivity contribution < 1.29 is 4.79 Å². The molecule has 4 heteroatoms. The van der Waals surface area contributed by atoms with Gasteiger partial charge in [0.05, 0.1) is 0 Å². The number of halogens is 1. The number of likely N-dealkylation sites (tertiary alicyclic amines) is 1. The highest BCUT2D eigenvalue weighted by Gasteiger charge is 2.37. The Bertz CT molecular complexity index is 703. The number of nitrogens with zero attached hydrogens (tertiary/aromatic N) is 1. The summed E-state index contributed by atoms with van der Waals surface area (Å²) in [6, 6.07) is 20.7. The lowest BCUT2D eigenvalue weighted by Gasteiger charge is -2.27. The van der Waals surface area contributed by atoms with E-state index in [2.05, 4.69) is 50.2 Å². The molecular weight excluding hydrogens is 344 g/mol. The molecule has 1 aliphatic rings. The van der Waals surface area contributed by atoms with Gasteiger partial charge in [-0.3, -0.25) is 4.79 Å². The maximum Gasteiger partial charge on any atom is 0.223 e. The van der Waals surface area contributed by atoms with Crippen LogP contribution in [0.2, 0.25) is 0 Å². The Labute approximate surface area is 163 Å². The van der Waals surface area contributed by atoms with E-state index < -0.39 is 0 Å². The van der Waals surface area contributed by atoms with E-state index in [1.54, 1.807) is 0 Å². The predicted octanol–water partition coefficient (Wildman–Crippen LogP) is 3.98. The summed E-state index contributed by atoms with van der Waals surface area (Å²) in [4.78, 5) is 15.0. The van der Waals surface area contributed by atoms with E-state index in [-0.39, 0.29) is 23.7 Å². The SMILES string of the molecule is CC(C)(CC(=O)N1C[C@@H](CN)[C@H](c2ccccc2)C1)c1ccccc1.Cl. The molecule has 1 fully saturated rings. The average Bonchev–Trinajstić information content (AvgIpc) is 3.07. The highest BCUT2D eigenvalue weighted by Crippen LogP contribution is 2.34. The fourth-order valence-corrected chi connectivity index (χ4v) is 3.87. The van der Waals surface area contributed by atoms with E-state index >= 15 is 0 Å². The molecule has 0 aliphatic carbocycles. The van der Waals surface area contributed by atoms with E-state index in [0.717, 1.165) is 13.1 Å². The van der Waals surface area contributed by atoms with Crippen molar-refractivity contribution in [2.45, 2.75) is 31.6 Å². The van der Waals surface area contributed by atoms with Crippen molar-refractivity contribution in [2.24, 2.45) is 11.7 Å². The first kappa shape index (κ1) is 20.5. The van der Waals surface area contributed by atoms with E-state index in [1.807, 2.05) is 29.2 Å². The lowest BCUT2D eigenvalue weighted by Crippen LogP contribution is -2.34. The normalized spacial score (nSPS) is 19.9. The van der Waals surface area contributed by atoms with Gasteiger partial charge in [-0.2, -0.15) is 0 Å². The monoisotopic (exact) mass is 372 g/mol. The van der Waals surface area contributed by atoms with Crippen LogP contribution in [0.15, 0.2) is 60.7 Å². The second-order valence-electron chi connectivity index (χ2n) is 7.74. The zero-order valence-corrected chi connectivity index (χ0v) is 16.4. The Balaban J connectivity index is 0.00000243. The van der Waals surface area contributed by atoms with Gasteiger partial charge in [-0.1, -0.05) is 74.5 Å². The van der Waals surface area contributed by atoms with E-state index in [4.69, 9.17) is 5.73 Å². The molecule has 26 heavy (non-hydrogen) atoms. The molecule has 0 saturated carbocycles. The van der Waals surface area contributed by atoms with Crippen molar-refractivity contribution >= 4 is 18.3 Å². The Morgan fingerprint density at radius 2 is 1.62 bits per heavy atom. The quantitative estimate of drug-likeness (QED) is 0.862. The fraction of sp³-hybridized carbons (Fsp3) is 0.409. The number of amides is 1. The number of carbonyl (C=O) groups is 1. The van der Waals surface area contributed by atoms with Gasteiger partial charge < -0.3 is 10.6 Å². The molecule has 0 spiro atoms. The molecular formula is C22H29ClN2O. The minimum atomic E-state index is -0.165. The third-order valence-electron chi connectivity index (χ3n) is 5.47. The van der Waals surface area contributed by atoms with Crippen LogP contribution in [-0.2, 0) is 10.2 Å². The topological polar surface area (TPSA) is 46.3 Å². The number of nitrogens with two attached hydrogens (primary N) is 1. The number of carbonyl (C=O) groups excluding carboxylic acids is 1. The Morgan fingerprint density at radius 1 is 1.04 bits per heavy atom. The molecule has 0 radical (unpaired) electrons. The summed E-state index contributed by atoms with van der Waals surface area (Å²) in [7, 11) is 0. The Hall–Kier alpha value is -1.84. The lowest BCUT2D eigenvalue weighted by molar-refractivity contribution is -0.131. The van der Waals surface area contributed by atoms with E-state index in [1.165, 1.54) is 11.1 Å². The second kappa shape index (κ2) is 8.70. The molecule has 3 rings (SSSR count). The van der Waals surface area contributed by atoms with E-state index in [9.17, 15) is 4.79 Å². The highest BCUT2D eigenvalue weighted by molar-refractivity contribution is 5.85. The van der Waals surface area contributed by atoms with Crippen molar-refractivity contribution in [1.82, 2.24) is 4.90 Å². The van der Waals surface area contributed by atoms with Crippen LogP contribution in [0.1, 0.15) is 37.3 Å². The molecule has 140 valence electrons. The van der Waals surface area contributed by atoms with Gasteiger partial charge in [0.25, 0.3) is 0 Å². The van der Waals surface area contributed by atoms with Crippen LogP contribution < -0.4 is 5.73 Å². The maximum absolute atomic E-state index is 13.0. The van der Waals surface area contributed by atoms with Crippen LogP contribution in [0.3, 0.4) is 0 Å². The Kier molecular flexibility index (Phi) is 6.85. The minimum Gasteiger partial charge on any atom is -0.342 e. The molecule has 1 saturated heterocycles. The van der Waals surface area contributed by atoms with Crippen molar-refractivity contribution in [3.63, 3.8) is 0 Å². The molecule has 0 bridgehead atoms. The van der Waals surface area contributed by atoms with Crippen LogP contribution in [-0.4, -0.2) is 30.4 Å². The molecule has 2 atom stereocenters. The number of rotatable bonds is 5. The fourth-order valence-electron chi connectivity index (χ4n) is 3.87. The molecule has 2 aromatic carbocycles. The smallest absolute Gasteiger partial charge is 0.223 e. The first-order valence-electron chi connectivity index (χ1n) is 9.09. The minimum absolute atomic E-state index is 0. The lowest BCUT2D eigenvalue weighted by atomic mass is 9.81. The molecule has 1 aliphatic heterocycles. The largest absolute Gasteiger partial charge is 0.342 e. The summed E-state index contributed by atoms with van der Waals surface area (Å²) in [5, 5.41) is 0. The van der Waals surface area contributed by atoms with Crippen LogP contribution in [0, 0.1) is 5.92 Å². The molecule has 1 heterocycles. The Morgan fingerprint density at radius 3 is 2.19 bits per heavy atom. The van der Waals surface area contributed by atoms with Crippen LogP contribution >= 0.6 is 12.4 Å². The summed E-state index contributed by atoms with van der Waals surface area (Å²) < 4.78 is 0. The zero-order valence-electron chi connectivity index (χ0n) is 15.6. The van der Waals surface area contributed by atoms with Gasteiger partial charge in [-0.25, -0.2) is 0 Å². The van der Waals surface area contributed by atoms with Gasteiger partial charge in [0.15, 0.2) is 0 Å². The van der Waals surface area contributed by atoms with Crippen LogP contribution in [0.25, 0.3) is 0 Å². The second-order valence-corrected chi connectivity index (χ2v) is 7.74. The van der Waals surface area contributed by atoms with Crippen molar-refractivity contribution in [2.75, 3.05) is 19.6 Å². The van der Waals surface area contributed by atoms with E-state index in [0.29, 0.717) is 24.8 Å². The third-order valence-corrected chi connectivity index (χ3v) is 5.47. The predicted molar refractivity (Wildman–Crippen MR) is 110 cm³/mol. The van der Waals surface area contributed by atoms with Crippen molar-refractivity contribution in [1.29, 1.82) is 0 Å². The average molecular weight is 373 g/mol. The number of hydrogen-bond donors (Lipinski definition) is 1. The van der Waals surface area contributed by atoms with Gasteiger partial charge in [0.1, 0.15) is 0 Å². The molecule has 0 aromatic heterocycles. The summed E-state index contributed by atoms with van der Waals surface area (Å²) >= 11 is 0. The number of hydrogen-bond acceptors (Lipinski definition) is 2. The van der Waals surface area contributed by atoms with Gasteiger partial charge in [-0.05, 0) is 29.0 Å². The first-order chi connectivity index (χ1) is 12.0. The highest BCUT2D eigenvalue weighted by atomic mass is 35.5. The van der Waals surface area contributed by atoms with Gasteiger partial charge in [0, 0.05) is 25.4 Å². The standard InChI is InChI=1S/C22H28N2O.ClH/c1-22(2,19-11-7-4-8-12-19)13-21(25)24-15-18(14-23)20(16-24)17-9-5-3-6-10-17;/h3-12,18,20H,13-16,23H2,1-2H3;1H/t18-,20+;/m1./s1. The van der Waals surface area contributed by atoms with Crippen molar-refractivity contribution in [3.05, 3.63) is 71.8 Å². The zero-order chi connectivity index (χ0) is 17.9. The molecule has 3 nitrogen and oxygen atoms in total. The van der Waals surface area contributed by atoms with Gasteiger partial charge in [0.2, 0.25) is 5.91 Å². The summed E-state index contributed by atoms with van der Waals surface area (Å²) in [6.45, 7) is 6.44. The molecule has 2 aromatic rings.